The molecule has 1 N–H and O–H groups in total. The third-order valence-corrected chi connectivity index (χ3v) is 7.65. The summed E-state index contributed by atoms with van der Waals surface area (Å²) in [7, 11) is -2.17. The molecule has 0 saturated carbocycles. The predicted molar refractivity (Wildman–Crippen MR) is 132 cm³/mol. The van der Waals surface area contributed by atoms with E-state index in [1.807, 2.05) is 34.4 Å². The maximum absolute atomic E-state index is 12.9. The fraction of sp³-hybridized carbons (Fsp3) is 0.957. The van der Waals surface area contributed by atoms with Crippen molar-refractivity contribution >= 4 is 13.1 Å². The molecule has 1 atom stereocenters. The highest BCUT2D eigenvalue weighted by Crippen LogP contribution is 2.40. The standard InChI is InChI=1S/C23H49N4O3P/c1-9-31(8,29)20-27-16-14-25(18-21(28)30-23(5,6)7)12-10-24-11-13-26(15-17-27)19-22(2,3)4/h24H,9-20H2,1-8H3. The Bertz CT molecular complexity index is 586. The minimum Gasteiger partial charge on any atom is -0.459 e. The minimum atomic E-state index is -2.17. The van der Waals surface area contributed by atoms with Gasteiger partial charge in [-0.05, 0) is 39.0 Å². The Hall–Kier alpha value is -0.460. The first-order valence-corrected chi connectivity index (χ1v) is 14.4. The number of carbonyl (C=O) groups excluding carboxylic acids is 1. The van der Waals surface area contributed by atoms with Crippen LogP contribution in [0.3, 0.4) is 0 Å². The first kappa shape index (κ1) is 28.6. The Labute approximate surface area is 191 Å². The normalized spacial score (nSPS) is 21.7. The molecule has 1 heterocycles. The van der Waals surface area contributed by atoms with Crippen molar-refractivity contribution in [1.29, 1.82) is 0 Å². The highest BCUT2D eigenvalue weighted by atomic mass is 31.2. The van der Waals surface area contributed by atoms with Crippen LogP contribution in [-0.2, 0) is 14.1 Å². The Morgan fingerprint density at radius 1 is 0.903 bits per heavy atom. The van der Waals surface area contributed by atoms with E-state index in [2.05, 4.69) is 40.8 Å². The van der Waals surface area contributed by atoms with Crippen LogP contribution in [0.1, 0.15) is 48.5 Å². The molecule has 1 fully saturated rings. The summed E-state index contributed by atoms with van der Waals surface area (Å²) >= 11 is 0. The molecular weight excluding hydrogens is 411 g/mol. The number of esters is 1. The Morgan fingerprint density at radius 3 is 1.94 bits per heavy atom. The van der Waals surface area contributed by atoms with Gasteiger partial charge in [-0.25, -0.2) is 0 Å². The number of nitrogens with one attached hydrogen (secondary N) is 1. The Kier molecular flexibility index (Phi) is 11.7. The van der Waals surface area contributed by atoms with Crippen LogP contribution in [0.5, 0.6) is 0 Å². The van der Waals surface area contributed by atoms with Crippen molar-refractivity contribution in [3.63, 3.8) is 0 Å². The van der Waals surface area contributed by atoms with Crippen LogP contribution in [0.4, 0.5) is 0 Å². The molecule has 31 heavy (non-hydrogen) atoms. The van der Waals surface area contributed by atoms with E-state index in [1.165, 1.54) is 0 Å². The molecule has 0 bridgehead atoms. The molecule has 0 spiro atoms. The van der Waals surface area contributed by atoms with Crippen LogP contribution in [0.15, 0.2) is 0 Å². The monoisotopic (exact) mass is 460 g/mol. The highest BCUT2D eigenvalue weighted by molar-refractivity contribution is 7.63. The van der Waals surface area contributed by atoms with Gasteiger partial charge in [0.15, 0.2) is 0 Å². The average Bonchev–Trinajstić information content (AvgIpc) is 2.58. The number of hydrogen-bond donors (Lipinski definition) is 1. The molecule has 0 aromatic heterocycles. The zero-order valence-corrected chi connectivity index (χ0v) is 22.4. The van der Waals surface area contributed by atoms with Crippen molar-refractivity contribution in [3.05, 3.63) is 0 Å². The van der Waals surface area contributed by atoms with E-state index in [0.717, 1.165) is 65.1 Å². The van der Waals surface area contributed by atoms with Crippen LogP contribution in [0.25, 0.3) is 0 Å². The van der Waals surface area contributed by atoms with Crippen molar-refractivity contribution in [2.24, 2.45) is 5.41 Å². The van der Waals surface area contributed by atoms with Crippen LogP contribution < -0.4 is 5.32 Å². The van der Waals surface area contributed by atoms with E-state index in [1.54, 1.807) is 0 Å². The summed E-state index contributed by atoms with van der Waals surface area (Å²) in [6.07, 6.45) is 1.37. The minimum absolute atomic E-state index is 0.183. The maximum Gasteiger partial charge on any atom is 0.320 e. The quantitative estimate of drug-likeness (QED) is 0.483. The van der Waals surface area contributed by atoms with E-state index in [-0.39, 0.29) is 11.4 Å². The van der Waals surface area contributed by atoms with Crippen molar-refractivity contribution in [2.75, 3.05) is 84.6 Å². The van der Waals surface area contributed by atoms with Crippen LogP contribution in [-0.4, -0.2) is 111 Å². The lowest BCUT2D eigenvalue weighted by Crippen LogP contribution is -2.47. The SMILES string of the molecule is CCP(C)(=O)CN1CCN(CC(=O)OC(C)(C)C)CCNCCN(CC(C)(C)C)CC1. The van der Waals surface area contributed by atoms with Gasteiger partial charge in [0.2, 0.25) is 0 Å². The summed E-state index contributed by atoms with van der Waals surface area (Å²) in [5.41, 5.74) is -0.226. The zero-order valence-electron chi connectivity index (χ0n) is 21.5. The topological polar surface area (TPSA) is 65.1 Å². The van der Waals surface area contributed by atoms with Gasteiger partial charge in [0.1, 0.15) is 5.60 Å². The largest absolute Gasteiger partial charge is 0.459 e. The second-order valence-electron chi connectivity index (χ2n) is 11.3. The molecule has 0 radical (unpaired) electrons. The number of rotatable bonds is 6. The summed E-state index contributed by atoms with van der Waals surface area (Å²) in [5.74, 6) is -0.183. The lowest BCUT2D eigenvalue weighted by atomic mass is 9.96. The smallest absolute Gasteiger partial charge is 0.320 e. The molecule has 1 unspecified atom stereocenters. The van der Waals surface area contributed by atoms with Crippen LogP contribution in [0.2, 0.25) is 0 Å². The molecule has 8 heteroatoms. The van der Waals surface area contributed by atoms with Crippen molar-refractivity contribution < 1.29 is 14.1 Å². The second kappa shape index (κ2) is 12.7. The molecular formula is C23H49N4O3P. The van der Waals surface area contributed by atoms with Gasteiger partial charge >= 0.3 is 5.97 Å². The third kappa shape index (κ3) is 14.3. The number of ether oxygens (including phenoxy) is 1. The van der Waals surface area contributed by atoms with E-state index >= 15 is 0 Å². The van der Waals surface area contributed by atoms with Crippen molar-refractivity contribution in [1.82, 2.24) is 20.0 Å². The van der Waals surface area contributed by atoms with Crippen molar-refractivity contribution in [3.8, 4) is 0 Å². The number of nitrogens with zero attached hydrogens (tertiary/aromatic N) is 3. The Balaban J connectivity index is 2.85. The summed E-state index contributed by atoms with van der Waals surface area (Å²) in [6, 6.07) is 0. The molecule has 7 nitrogen and oxygen atoms in total. The molecule has 0 aliphatic carbocycles. The molecule has 184 valence electrons. The second-order valence-corrected chi connectivity index (χ2v) is 14.8. The first-order valence-electron chi connectivity index (χ1n) is 11.8. The first-order chi connectivity index (χ1) is 14.2. The lowest BCUT2D eigenvalue weighted by Gasteiger charge is -2.35. The number of hydrogen-bond acceptors (Lipinski definition) is 7. The number of carbonyl (C=O) groups is 1. The lowest BCUT2D eigenvalue weighted by molar-refractivity contribution is -0.156. The van der Waals surface area contributed by atoms with E-state index in [4.69, 9.17) is 4.74 Å². The third-order valence-electron chi connectivity index (χ3n) is 5.31. The summed E-state index contributed by atoms with van der Waals surface area (Å²) in [4.78, 5) is 19.4. The molecule has 0 aromatic carbocycles. The van der Waals surface area contributed by atoms with Gasteiger partial charge in [0.25, 0.3) is 0 Å². The van der Waals surface area contributed by atoms with Gasteiger partial charge in [-0.15, -0.1) is 0 Å². The molecule has 1 aliphatic rings. The van der Waals surface area contributed by atoms with Gasteiger partial charge < -0.3 is 19.5 Å². The van der Waals surface area contributed by atoms with E-state index in [0.29, 0.717) is 12.8 Å². The predicted octanol–water partition coefficient (Wildman–Crippen LogP) is 2.85. The summed E-state index contributed by atoms with van der Waals surface area (Å²) < 4.78 is 18.4. The molecule has 1 rings (SSSR count). The fourth-order valence-corrected chi connectivity index (χ4v) is 5.04. The Morgan fingerprint density at radius 2 is 1.42 bits per heavy atom. The summed E-state index contributed by atoms with van der Waals surface area (Å²) in [6.45, 7) is 24.8. The van der Waals surface area contributed by atoms with Gasteiger partial charge in [-0.2, -0.15) is 0 Å². The zero-order chi connectivity index (χ0) is 23.7. The molecule has 0 amide bonds. The average molecular weight is 461 g/mol. The van der Waals surface area contributed by atoms with Crippen LogP contribution >= 0.6 is 7.14 Å². The molecule has 1 saturated heterocycles. The van der Waals surface area contributed by atoms with E-state index < -0.39 is 12.7 Å². The van der Waals surface area contributed by atoms with Crippen LogP contribution in [0, 0.1) is 5.41 Å². The molecule has 0 aromatic rings. The van der Waals surface area contributed by atoms with Gasteiger partial charge in [0.05, 0.1) is 20.0 Å². The fourth-order valence-electron chi connectivity index (χ4n) is 3.71. The maximum atomic E-state index is 12.9. The van der Waals surface area contributed by atoms with Gasteiger partial charge in [-0.1, -0.05) is 27.7 Å². The van der Waals surface area contributed by atoms with Gasteiger partial charge in [0, 0.05) is 58.9 Å². The van der Waals surface area contributed by atoms with E-state index in [9.17, 15) is 9.36 Å². The van der Waals surface area contributed by atoms with Gasteiger partial charge in [-0.3, -0.25) is 14.6 Å². The summed E-state index contributed by atoms with van der Waals surface area (Å²) in [5, 5.41) is 3.54. The van der Waals surface area contributed by atoms with Crippen molar-refractivity contribution in [2.45, 2.75) is 54.1 Å². The highest BCUT2D eigenvalue weighted by Gasteiger charge is 2.23. The molecule has 1 aliphatic heterocycles.